The lowest BCUT2D eigenvalue weighted by Crippen LogP contribution is -2.14. The highest BCUT2D eigenvalue weighted by Gasteiger charge is 2.09. The van der Waals surface area contributed by atoms with Gasteiger partial charge in [0.15, 0.2) is 5.84 Å². The molecule has 3 N–H and O–H groups in total. The molecule has 0 atom stereocenters. The molecule has 0 aliphatic heterocycles. The van der Waals surface area contributed by atoms with E-state index < -0.39 is 0 Å². The number of hydrogen-bond donors (Lipinski definition) is 2. The third-order valence-electron chi connectivity index (χ3n) is 2.88. The average Bonchev–Trinajstić information content (AvgIpc) is 2.52. The highest BCUT2D eigenvalue weighted by atomic mass is 35.5. The Morgan fingerprint density at radius 3 is 2.57 bits per heavy atom. The maximum atomic E-state index is 8.79. The fourth-order valence-electron chi connectivity index (χ4n) is 1.76. The third-order valence-corrected chi connectivity index (χ3v) is 3.12. The van der Waals surface area contributed by atoms with E-state index in [1.54, 1.807) is 25.3 Å². The van der Waals surface area contributed by atoms with E-state index in [9.17, 15) is 0 Å². The lowest BCUT2D eigenvalue weighted by molar-refractivity contribution is 0.303. The van der Waals surface area contributed by atoms with Crippen LogP contribution in [0.5, 0.6) is 11.5 Å². The Hall–Kier alpha value is -2.40. The molecule has 0 bridgehead atoms. The molecule has 5 nitrogen and oxygen atoms in total. The molecular weight excluding hydrogens is 292 g/mol. The average molecular weight is 307 g/mol. The van der Waals surface area contributed by atoms with Crippen LogP contribution in [0.1, 0.15) is 11.1 Å². The van der Waals surface area contributed by atoms with E-state index in [1.807, 2.05) is 24.3 Å². The molecule has 0 amide bonds. The lowest BCUT2D eigenvalue weighted by Gasteiger charge is -2.11. The number of oxime groups is 1. The molecule has 0 aliphatic carbocycles. The summed E-state index contributed by atoms with van der Waals surface area (Å²) in [5.74, 6) is 1.20. The first-order chi connectivity index (χ1) is 10.1. The maximum Gasteiger partial charge on any atom is 0.173 e. The number of ether oxygens (including phenoxy) is 2. The molecule has 0 saturated carbocycles. The zero-order valence-corrected chi connectivity index (χ0v) is 12.2. The topological polar surface area (TPSA) is 77.1 Å². The first-order valence-electron chi connectivity index (χ1n) is 6.17. The third kappa shape index (κ3) is 3.79. The monoisotopic (exact) mass is 306 g/mol. The lowest BCUT2D eigenvalue weighted by atomic mass is 10.2. The molecule has 2 aromatic rings. The number of halogens is 1. The van der Waals surface area contributed by atoms with Crippen LogP contribution in [0.3, 0.4) is 0 Å². The van der Waals surface area contributed by atoms with Gasteiger partial charge in [0.25, 0.3) is 0 Å². The van der Waals surface area contributed by atoms with Crippen LogP contribution in [0.15, 0.2) is 47.6 Å². The van der Waals surface area contributed by atoms with Gasteiger partial charge in [0.05, 0.1) is 12.7 Å². The largest absolute Gasteiger partial charge is 0.497 e. The van der Waals surface area contributed by atoms with Crippen molar-refractivity contribution in [2.45, 2.75) is 6.61 Å². The summed E-state index contributed by atoms with van der Waals surface area (Å²) in [6.45, 7) is 0.329. The quantitative estimate of drug-likeness (QED) is 0.385. The van der Waals surface area contributed by atoms with E-state index >= 15 is 0 Å². The second-order valence-electron chi connectivity index (χ2n) is 4.26. The minimum atomic E-state index is -0.0311. The number of rotatable bonds is 5. The van der Waals surface area contributed by atoms with Gasteiger partial charge < -0.3 is 20.4 Å². The second-order valence-corrected chi connectivity index (χ2v) is 4.70. The molecule has 110 valence electrons. The number of methoxy groups -OCH3 is 1. The Bertz CT molecular complexity index is 642. The summed E-state index contributed by atoms with van der Waals surface area (Å²) in [5.41, 5.74) is 7.05. The van der Waals surface area contributed by atoms with Crippen LogP contribution in [0.2, 0.25) is 5.02 Å². The zero-order chi connectivity index (χ0) is 15.2. The molecule has 0 heterocycles. The van der Waals surface area contributed by atoms with Crippen LogP contribution in [0.4, 0.5) is 0 Å². The van der Waals surface area contributed by atoms with Gasteiger partial charge in [0.2, 0.25) is 0 Å². The smallest absolute Gasteiger partial charge is 0.173 e. The molecule has 2 aromatic carbocycles. The summed E-state index contributed by atoms with van der Waals surface area (Å²) < 4.78 is 10.8. The molecule has 6 heteroatoms. The van der Waals surface area contributed by atoms with Crippen LogP contribution < -0.4 is 15.2 Å². The fraction of sp³-hybridized carbons (Fsp3) is 0.133. The predicted octanol–water partition coefficient (Wildman–Crippen LogP) is 3.02. The molecule has 0 radical (unpaired) electrons. The van der Waals surface area contributed by atoms with Crippen molar-refractivity contribution >= 4 is 17.4 Å². The van der Waals surface area contributed by atoms with Gasteiger partial charge in [0.1, 0.15) is 18.1 Å². The second kappa shape index (κ2) is 6.85. The molecule has 21 heavy (non-hydrogen) atoms. The normalized spacial score (nSPS) is 11.2. The number of benzene rings is 2. The molecule has 2 rings (SSSR count). The van der Waals surface area contributed by atoms with Gasteiger partial charge in [-0.05, 0) is 35.9 Å². The minimum Gasteiger partial charge on any atom is -0.497 e. The Balaban J connectivity index is 2.16. The van der Waals surface area contributed by atoms with Crippen LogP contribution in [0.25, 0.3) is 0 Å². The van der Waals surface area contributed by atoms with Gasteiger partial charge in [0, 0.05) is 5.02 Å². The van der Waals surface area contributed by atoms with Crippen molar-refractivity contribution in [3.05, 3.63) is 58.6 Å². The Morgan fingerprint density at radius 1 is 1.24 bits per heavy atom. The maximum absolute atomic E-state index is 8.79. The van der Waals surface area contributed by atoms with Crippen molar-refractivity contribution in [3.8, 4) is 11.5 Å². The molecule has 0 fully saturated rings. The van der Waals surface area contributed by atoms with Gasteiger partial charge in [-0.25, -0.2) is 0 Å². The Kier molecular flexibility index (Phi) is 4.90. The summed E-state index contributed by atoms with van der Waals surface area (Å²) in [4.78, 5) is 0. The summed E-state index contributed by atoms with van der Waals surface area (Å²) in [7, 11) is 1.61. The van der Waals surface area contributed by atoms with Gasteiger partial charge in [-0.2, -0.15) is 0 Å². The molecular formula is C15H15ClN2O3. The van der Waals surface area contributed by atoms with E-state index in [0.29, 0.717) is 22.9 Å². The minimum absolute atomic E-state index is 0.0311. The van der Waals surface area contributed by atoms with Crippen LogP contribution in [0, 0.1) is 0 Å². The first-order valence-corrected chi connectivity index (χ1v) is 6.55. The first kappa shape index (κ1) is 15.0. The van der Waals surface area contributed by atoms with Gasteiger partial charge in [-0.3, -0.25) is 0 Å². The van der Waals surface area contributed by atoms with E-state index in [-0.39, 0.29) is 5.84 Å². The Morgan fingerprint density at radius 2 is 1.95 bits per heavy atom. The van der Waals surface area contributed by atoms with Crippen LogP contribution in [-0.2, 0) is 6.61 Å². The van der Waals surface area contributed by atoms with E-state index in [2.05, 4.69) is 5.16 Å². The zero-order valence-electron chi connectivity index (χ0n) is 11.4. The van der Waals surface area contributed by atoms with E-state index in [1.165, 1.54) is 0 Å². The molecule has 0 saturated heterocycles. The molecule has 0 aromatic heterocycles. The predicted molar refractivity (Wildman–Crippen MR) is 81.3 cm³/mol. The van der Waals surface area contributed by atoms with E-state index in [0.717, 1.165) is 11.3 Å². The molecule has 0 spiro atoms. The van der Waals surface area contributed by atoms with Crippen molar-refractivity contribution in [3.63, 3.8) is 0 Å². The highest BCUT2D eigenvalue weighted by molar-refractivity contribution is 6.30. The van der Waals surface area contributed by atoms with Crippen LogP contribution in [-0.4, -0.2) is 18.2 Å². The van der Waals surface area contributed by atoms with Crippen molar-refractivity contribution in [1.29, 1.82) is 0 Å². The number of nitrogens with zero attached hydrogens (tertiary/aromatic N) is 1. The van der Waals surface area contributed by atoms with Crippen LogP contribution >= 0.6 is 11.6 Å². The fourth-order valence-corrected chi connectivity index (χ4v) is 1.93. The molecule has 0 unspecified atom stereocenters. The summed E-state index contributed by atoms with van der Waals surface area (Å²) >= 11 is 5.95. The summed E-state index contributed by atoms with van der Waals surface area (Å²) in [6.07, 6.45) is 0. The molecule has 0 aliphatic rings. The van der Waals surface area contributed by atoms with Crippen molar-refractivity contribution in [2.75, 3.05) is 7.11 Å². The van der Waals surface area contributed by atoms with Gasteiger partial charge in [-0.1, -0.05) is 28.9 Å². The summed E-state index contributed by atoms with van der Waals surface area (Å²) in [5, 5.41) is 12.3. The van der Waals surface area contributed by atoms with Crippen molar-refractivity contribution < 1.29 is 14.7 Å². The van der Waals surface area contributed by atoms with Crippen molar-refractivity contribution in [2.24, 2.45) is 10.9 Å². The number of amidine groups is 1. The SMILES string of the molecule is COc1ccc(COc2cc(Cl)ccc2C(N)=NO)cc1. The van der Waals surface area contributed by atoms with Gasteiger partial charge >= 0.3 is 0 Å². The summed E-state index contributed by atoms with van der Waals surface area (Å²) in [6, 6.07) is 12.4. The standard InChI is InChI=1S/C15H15ClN2O3/c1-20-12-5-2-10(3-6-12)9-21-14-8-11(16)4-7-13(14)15(17)18-19/h2-8,19H,9H2,1H3,(H2,17,18). The van der Waals surface area contributed by atoms with E-state index in [4.69, 9.17) is 32.0 Å². The Labute approximate surface area is 127 Å². The van der Waals surface area contributed by atoms with Crippen molar-refractivity contribution in [1.82, 2.24) is 0 Å². The number of nitrogens with two attached hydrogens (primary N) is 1. The highest BCUT2D eigenvalue weighted by Crippen LogP contribution is 2.24. The van der Waals surface area contributed by atoms with Gasteiger partial charge in [-0.15, -0.1) is 0 Å². The number of hydrogen-bond acceptors (Lipinski definition) is 4.